The summed E-state index contributed by atoms with van der Waals surface area (Å²) in [6.45, 7) is 3.59. The van der Waals surface area contributed by atoms with Gasteiger partial charge >= 0.3 is 0 Å². The van der Waals surface area contributed by atoms with E-state index in [-0.39, 0.29) is 11.7 Å². The molecule has 0 aromatic rings. The molecule has 0 heterocycles. The Morgan fingerprint density at radius 1 is 1.67 bits per heavy atom. The Kier molecular flexibility index (Phi) is 3.93. The lowest BCUT2D eigenvalue weighted by Gasteiger charge is -2.01. The number of rotatable bonds is 4. The number of hydrogen-bond donors (Lipinski definition) is 0. The molecule has 9 heavy (non-hydrogen) atoms. The Morgan fingerprint density at radius 2 is 2.22 bits per heavy atom. The normalized spacial score (nSPS) is 12.7. The van der Waals surface area contributed by atoms with Gasteiger partial charge in [-0.15, -0.1) is 0 Å². The van der Waals surface area contributed by atoms with Crippen LogP contribution in [-0.2, 0) is 9.59 Å². The average Bonchev–Trinajstić information content (AvgIpc) is 1.87. The van der Waals surface area contributed by atoms with Crippen LogP contribution in [0.3, 0.4) is 0 Å². The second-order valence-corrected chi connectivity index (χ2v) is 2.12. The minimum Gasteiger partial charge on any atom is -0.303 e. The van der Waals surface area contributed by atoms with E-state index in [1.54, 1.807) is 6.92 Å². The average molecular weight is 128 g/mol. The lowest BCUT2D eigenvalue weighted by Crippen LogP contribution is -2.09. The van der Waals surface area contributed by atoms with Gasteiger partial charge in [0.05, 0.1) is 0 Å². The lowest BCUT2D eigenvalue weighted by molar-refractivity contribution is -0.124. The van der Waals surface area contributed by atoms with Crippen LogP contribution in [-0.4, -0.2) is 12.1 Å². The molecule has 0 spiro atoms. The smallest absolute Gasteiger partial charge is 0.135 e. The highest BCUT2D eigenvalue weighted by atomic mass is 16.1. The molecule has 0 aromatic heterocycles. The van der Waals surface area contributed by atoms with E-state index in [4.69, 9.17) is 0 Å². The molecule has 0 saturated carbocycles. The van der Waals surface area contributed by atoms with Gasteiger partial charge in [-0.3, -0.25) is 4.79 Å². The van der Waals surface area contributed by atoms with Crippen molar-refractivity contribution in [2.75, 3.05) is 0 Å². The number of Topliss-reactive ketones (excluding diaryl/α,β-unsaturated/α-hetero) is 1. The number of aldehydes is 1. The standard InChI is InChI=1S/C7H12O2/c1-3-7(9)6(2)4-5-8/h5-6H,3-4H2,1-2H3. The van der Waals surface area contributed by atoms with Gasteiger partial charge in [-0.2, -0.15) is 0 Å². The molecule has 0 fully saturated rings. The minimum absolute atomic E-state index is 0.0764. The number of ketones is 1. The molecule has 2 heteroatoms. The fourth-order valence-electron chi connectivity index (χ4n) is 0.624. The van der Waals surface area contributed by atoms with Crippen molar-refractivity contribution in [2.45, 2.75) is 26.7 Å². The summed E-state index contributed by atoms with van der Waals surface area (Å²) in [6, 6.07) is 0. The van der Waals surface area contributed by atoms with E-state index in [1.165, 1.54) is 0 Å². The summed E-state index contributed by atoms with van der Waals surface area (Å²) < 4.78 is 0. The molecule has 0 aliphatic heterocycles. The van der Waals surface area contributed by atoms with Crippen LogP contribution in [0.2, 0.25) is 0 Å². The first-order chi connectivity index (χ1) is 4.22. The maximum Gasteiger partial charge on any atom is 0.135 e. The van der Waals surface area contributed by atoms with Crippen LogP contribution in [0.5, 0.6) is 0 Å². The fourth-order valence-corrected chi connectivity index (χ4v) is 0.624. The largest absolute Gasteiger partial charge is 0.303 e. The molecule has 0 aliphatic carbocycles. The van der Waals surface area contributed by atoms with Crippen molar-refractivity contribution < 1.29 is 9.59 Å². The molecular formula is C7H12O2. The van der Waals surface area contributed by atoms with Gasteiger partial charge in [-0.05, 0) is 0 Å². The summed E-state index contributed by atoms with van der Waals surface area (Å²) in [7, 11) is 0. The second kappa shape index (κ2) is 4.24. The lowest BCUT2D eigenvalue weighted by atomic mass is 10.0. The van der Waals surface area contributed by atoms with E-state index in [0.29, 0.717) is 12.8 Å². The van der Waals surface area contributed by atoms with Gasteiger partial charge < -0.3 is 4.79 Å². The van der Waals surface area contributed by atoms with Crippen molar-refractivity contribution >= 4 is 12.1 Å². The predicted octanol–water partition coefficient (Wildman–Crippen LogP) is 1.19. The van der Waals surface area contributed by atoms with Crippen molar-refractivity contribution in [3.8, 4) is 0 Å². The highest BCUT2D eigenvalue weighted by molar-refractivity contribution is 5.82. The Hall–Kier alpha value is -0.660. The van der Waals surface area contributed by atoms with E-state index in [9.17, 15) is 9.59 Å². The highest BCUT2D eigenvalue weighted by Crippen LogP contribution is 2.02. The van der Waals surface area contributed by atoms with E-state index >= 15 is 0 Å². The van der Waals surface area contributed by atoms with Gasteiger partial charge in [0.2, 0.25) is 0 Å². The highest BCUT2D eigenvalue weighted by Gasteiger charge is 2.08. The molecule has 2 nitrogen and oxygen atoms in total. The monoisotopic (exact) mass is 128 g/mol. The maximum absolute atomic E-state index is 10.7. The third kappa shape index (κ3) is 3.01. The molecule has 52 valence electrons. The van der Waals surface area contributed by atoms with Crippen LogP contribution < -0.4 is 0 Å². The van der Waals surface area contributed by atoms with Crippen molar-refractivity contribution in [1.82, 2.24) is 0 Å². The summed E-state index contributed by atoms with van der Waals surface area (Å²) in [6.07, 6.45) is 1.69. The van der Waals surface area contributed by atoms with Crippen LogP contribution in [0.25, 0.3) is 0 Å². The zero-order chi connectivity index (χ0) is 7.28. The first-order valence-electron chi connectivity index (χ1n) is 3.18. The summed E-state index contributed by atoms with van der Waals surface area (Å²) in [5.74, 6) is 0.0922. The van der Waals surface area contributed by atoms with Crippen molar-refractivity contribution in [3.63, 3.8) is 0 Å². The van der Waals surface area contributed by atoms with E-state index in [1.807, 2.05) is 6.92 Å². The van der Waals surface area contributed by atoms with Crippen LogP contribution >= 0.6 is 0 Å². The molecular weight excluding hydrogens is 116 g/mol. The Morgan fingerprint density at radius 3 is 2.56 bits per heavy atom. The summed E-state index contributed by atoms with van der Waals surface area (Å²) in [5, 5.41) is 0. The topological polar surface area (TPSA) is 34.1 Å². The third-order valence-electron chi connectivity index (χ3n) is 1.35. The second-order valence-electron chi connectivity index (χ2n) is 2.12. The summed E-state index contributed by atoms with van der Waals surface area (Å²) >= 11 is 0. The van der Waals surface area contributed by atoms with Gasteiger partial charge in [0.15, 0.2) is 0 Å². The molecule has 0 rings (SSSR count). The number of hydrogen-bond acceptors (Lipinski definition) is 2. The minimum atomic E-state index is -0.0764. The van der Waals surface area contributed by atoms with Gasteiger partial charge in [-0.25, -0.2) is 0 Å². The van der Waals surface area contributed by atoms with Crippen LogP contribution in [0, 0.1) is 5.92 Å². The molecule has 0 amide bonds. The van der Waals surface area contributed by atoms with E-state index < -0.39 is 0 Å². The van der Waals surface area contributed by atoms with Crippen molar-refractivity contribution in [2.24, 2.45) is 5.92 Å². The SMILES string of the molecule is CCC(=O)C(C)CC=O. The Labute approximate surface area is 55.3 Å². The van der Waals surface area contributed by atoms with Crippen LogP contribution in [0.1, 0.15) is 26.7 Å². The number of carbonyl (C=O) groups is 2. The van der Waals surface area contributed by atoms with Gasteiger partial charge in [0, 0.05) is 18.8 Å². The summed E-state index contributed by atoms with van der Waals surface area (Å²) in [5.41, 5.74) is 0. The van der Waals surface area contributed by atoms with Crippen molar-refractivity contribution in [1.29, 1.82) is 0 Å². The van der Waals surface area contributed by atoms with E-state index in [0.717, 1.165) is 6.29 Å². The van der Waals surface area contributed by atoms with Gasteiger partial charge in [-0.1, -0.05) is 13.8 Å². The predicted molar refractivity (Wildman–Crippen MR) is 35.1 cm³/mol. The van der Waals surface area contributed by atoms with Crippen molar-refractivity contribution in [3.05, 3.63) is 0 Å². The van der Waals surface area contributed by atoms with Crippen LogP contribution in [0.15, 0.2) is 0 Å². The van der Waals surface area contributed by atoms with Gasteiger partial charge in [0.1, 0.15) is 12.1 Å². The molecule has 1 atom stereocenters. The first-order valence-corrected chi connectivity index (χ1v) is 3.18. The summed E-state index contributed by atoms with van der Waals surface area (Å²) in [4.78, 5) is 20.6. The maximum atomic E-state index is 10.7. The molecule has 0 radical (unpaired) electrons. The molecule has 0 bridgehead atoms. The molecule has 0 aliphatic rings. The third-order valence-corrected chi connectivity index (χ3v) is 1.35. The van der Waals surface area contributed by atoms with Gasteiger partial charge in [0.25, 0.3) is 0 Å². The molecule has 0 saturated heterocycles. The fraction of sp³-hybridized carbons (Fsp3) is 0.714. The Bertz CT molecular complexity index is 107. The molecule has 0 N–H and O–H groups in total. The first kappa shape index (κ1) is 8.34. The van der Waals surface area contributed by atoms with Crippen LogP contribution in [0.4, 0.5) is 0 Å². The zero-order valence-electron chi connectivity index (χ0n) is 5.89. The zero-order valence-corrected chi connectivity index (χ0v) is 5.89. The molecule has 0 aromatic carbocycles. The Balaban J connectivity index is 3.58. The van der Waals surface area contributed by atoms with E-state index in [2.05, 4.69) is 0 Å². The number of carbonyl (C=O) groups excluding carboxylic acids is 2. The molecule has 1 unspecified atom stereocenters. The quantitative estimate of drug-likeness (QED) is 0.533.